The summed E-state index contributed by atoms with van der Waals surface area (Å²) in [6.07, 6.45) is 5.19. The molecule has 3 rings (SSSR count). The number of carbonyl (C=O) groups is 2. The lowest BCUT2D eigenvalue weighted by molar-refractivity contribution is 0.0690. The first kappa shape index (κ1) is 21.5. The molecule has 0 spiro atoms. The number of aromatic nitrogens is 2. The third-order valence-electron chi connectivity index (χ3n) is 5.49. The third kappa shape index (κ3) is 4.87. The number of hydrogen-bond acceptors (Lipinski definition) is 6. The van der Waals surface area contributed by atoms with E-state index in [0.717, 1.165) is 37.1 Å². The Morgan fingerprint density at radius 2 is 1.73 bits per heavy atom. The summed E-state index contributed by atoms with van der Waals surface area (Å²) in [5.41, 5.74) is 1.97. The number of aryl methyl sites for hydroxylation is 2. The molecule has 160 valence electrons. The van der Waals surface area contributed by atoms with E-state index in [1.807, 2.05) is 32.1 Å². The van der Waals surface area contributed by atoms with Crippen LogP contribution >= 0.6 is 0 Å². The number of benzene rings is 1. The quantitative estimate of drug-likeness (QED) is 0.671. The van der Waals surface area contributed by atoms with Gasteiger partial charge in [-0.15, -0.1) is 0 Å². The molecule has 0 radical (unpaired) electrons. The van der Waals surface area contributed by atoms with Gasteiger partial charge in [0.25, 0.3) is 5.91 Å². The van der Waals surface area contributed by atoms with Crippen molar-refractivity contribution in [2.45, 2.75) is 51.6 Å². The van der Waals surface area contributed by atoms with Gasteiger partial charge in [-0.2, -0.15) is 4.98 Å². The van der Waals surface area contributed by atoms with Crippen molar-refractivity contribution < 1.29 is 14.7 Å². The van der Waals surface area contributed by atoms with Gasteiger partial charge in [0.2, 0.25) is 5.95 Å². The molecule has 30 heavy (non-hydrogen) atoms. The van der Waals surface area contributed by atoms with Crippen molar-refractivity contribution in [2.75, 3.05) is 24.3 Å². The first-order valence-corrected chi connectivity index (χ1v) is 10.2. The molecule has 1 aromatic carbocycles. The summed E-state index contributed by atoms with van der Waals surface area (Å²) in [6.45, 7) is 3.74. The van der Waals surface area contributed by atoms with Gasteiger partial charge in [0.05, 0.1) is 11.1 Å². The van der Waals surface area contributed by atoms with E-state index in [1.54, 1.807) is 19.1 Å². The number of carboxylic acid groups (broad SMARTS) is 1. The average Bonchev–Trinajstić information content (AvgIpc) is 2.70. The molecule has 1 amide bonds. The zero-order valence-corrected chi connectivity index (χ0v) is 17.9. The highest BCUT2D eigenvalue weighted by atomic mass is 16.4. The van der Waals surface area contributed by atoms with Crippen LogP contribution in [0.2, 0.25) is 0 Å². The Labute approximate surface area is 176 Å². The molecule has 1 fully saturated rings. The molecule has 1 saturated carbocycles. The molecular weight excluding hydrogens is 382 g/mol. The van der Waals surface area contributed by atoms with Crippen molar-refractivity contribution >= 4 is 23.6 Å². The molecule has 2 aromatic rings. The maximum atomic E-state index is 12.8. The van der Waals surface area contributed by atoms with Crippen molar-refractivity contribution in [1.29, 1.82) is 0 Å². The first-order chi connectivity index (χ1) is 14.3. The van der Waals surface area contributed by atoms with Gasteiger partial charge in [-0.3, -0.25) is 4.79 Å². The maximum Gasteiger partial charge on any atom is 0.336 e. The average molecular weight is 412 g/mol. The van der Waals surface area contributed by atoms with Crippen LogP contribution in [0, 0.1) is 13.8 Å². The van der Waals surface area contributed by atoms with Crippen molar-refractivity contribution in [1.82, 2.24) is 15.3 Å². The van der Waals surface area contributed by atoms with Crippen LogP contribution in [0.4, 0.5) is 11.8 Å². The highest BCUT2D eigenvalue weighted by molar-refractivity contribution is 6.05. The molecule has 0 bridgehead atoms. The highest BCUT2D eigenvalue weighted by Crippen LogP contribution is 2.24. The second kappa shape index (κ2) is 9.11. The minimum absolute atomic E-state index is 0.0214. The van der Waals surface area contributed by atoms with E-state index < -0.39 is 5.97 Å². The van der Waals surface area contributed by atoms with Crippen LogP contribution in [0.15, 0.2) is 24.4 Å². The van der Waals surface area contributed by atoms with Gasteiger partial charge in [0, 0.05) is 37.9 Å². The number of carboxylic acids is 1. The molecule has 3 N–H and O–H groups in total. The molecule has 1 aliphatic carbocycles. The molecular formula is C22H29N5O3. The van der Waals surface area contributed by atoms with Gasteiger partial charge in [-0.05, 0) is 51.2 Å². The van der Waals surface area contributed by atoms with Crippen LogP contribution in [0.25, 0.3) is 0 Å². The Hall–Kier alpha value is -3.16. The third-order valence-corrected chi connectivity index (χ3v) is 5.49. The predicted molar refractivity (Wildman–Crippen MR) is 116 cm³/mol. The van der Waals surface area contributed by atoms with E-state index in [1.165, 1.54) is 6.07 Å². The zero-order valence-electron chi connectivity index (χ0n) is 17.9. The summed E-state index contributed by atoms with van der Waals surface area (Å²) >= 11 is 0. The van der Waals surface area contributed by atoms with Crippen LogP contribution in [0.3, 0.4) is 0 Å². The smallest absolute Gasteiger partial charge is 0.336 e. The van der Waals surface area contributed by atoms with Gasteiger partial charge in [-0.1, -0.05) is 12.1 Å². The van der Waals surface area contributed by atoms with E-state index in [-0.39, 0.29) is 29.1 Å². The van der Waals surface area contributed by atoms with Gasteiger partial charge in [0.1, 0.15) is 5.82 Å². The lowest BCUT2D eigenvalue weighted by Crippen LogP contribution is -2.41. The van der Waals surface area contributed by atoms with Gasteiger partial charge in [-0.25, -0.2) is 9.78 Å². The van der Waals surface area contributed by atoms with Crippen molar-refractivity contribution in [3.8, 4) is 0 Å². The predicted octanol–water partition coefficient (Wildman–Crippen LogP) is 3.01. The van der Waals surface area contributed by atoms with E-state index in [2.05, 4.69) is 20.6 Å². The summed E-state index contributed by atoms with van der Waals surface area (Å²) in [5.74, 6) is 0.0927. The van der Waals surface area contributed by atoms with Crippen LogP contribution in [0.5, 0.6) is 0 Å². The molecule has 1 heterocycles. The number of aromatic carboxylic acids is 1. The SMILES string of the molecule is Cc1cnc(NC2CCC(NC(=O)c3c(C)cccc3C(=O)O)CC2)nc1N(C)C. The minimum Gasteiger partial charge on any atom is -0.478 e. The fourth-order valence-corrected chi connectivity index (χ4v) is 3.92. The number of nitrogens with one attached hydrogen (secondary N) is 2. The summed E-state index contributed by atoms with van der Waals surface area (Å²) in [7, 11) is 3.91. The minimum atomic E-state index is -1.09. The molecule has 0 aliphatic heterocycles. The molecule has 0 saturated heterocycles. The van der Waals surface area contributed by atoms with Crippen LogP contribution in [-0.2, 0) is 0 Å². The summed E-state index contributed by atoms with van der Waals surface area (Å²) in [5, 5.41) is 15.8. The number of carbonyl (C=O) groups excluding carboxylic acids is 1. The topological polar surface area (TPSA) is 107 Å². The molecule has 8 heteroatoms. The zero-order chi connectivity index (χ0) is 21.8. The largest absolute Gasteiger partial charge is 0.478 e. The monoisotopic (exact) mass is 411 g/mol. The Morgan fingerprint density at radius 1 is 1.07 bits per heavy atom. The second-order valence-electron chi connectivity index (χ2n) is 8.06. The van der Waals surface area contributed by atoms with Gasteiger partial charge < -0.3 is 20.6 Å². The van der Waals surface area contributed by atoms with Crippen molar-refractivity contribution in [2.24, 2.45) is 0 Å². The molecule has 1 aromatic heterocycles. The van der Waals surface area contributed by atoms with Crippen LogP contribution in [0.1, 0.15) is 57.5 Å². The Bertz CT molecular complexity index is 936. The fourth-order valence-electron chi connectivity index (χ4n) is 3.92. The normalized spacial score (nSPS) is 18.5. The number of hydrogen-bond donors (Lipinski definition) is 3. The Kier molecular flexibility index (Phi) is 6.54. The van der Waals surface area contributed by atoms with Crippen molar-refractivity contribution in [3.05, 3.63) is 46.6 Å². The lowest BCUT2D eigenvalue weighted by Gasteiger charge is -2.30. The lowest BCUT2D eigenvalue weighted by atomic mass is 9.90. The van der Waals surface area contributed by atoms with Gasteiger partial charge >= 0.3 is 5.97 Å². The Morgan fingerprint density at radius 3 is 2.37 bits per heavy atom. The fraction of sp³-hybridized carbons (Fsp3) is 0.455. The second-order valence-corrected chi connectivity index (χ2v) is 8.06. The molecule has 0 unspecified atom stereocenters. The standard InChI is InChI=1S/C22H29N5O3/c1-13-6-5-7-17(21(29)30)18(13)20(28)24-15-8-10-16(11-9-15)25-22-23-12-14(2)19(26-22)27(3)4/h5-7,12,15-16H,8-11H2,1-4H3,(H,24,28)(H,29,30)(H,23,25,26). The summed E-state index contributed by atoms with van der Waals surface area (Å²) in [6, 6.07) is 5.14. The van der Waals surface area contributed by atoms with E-state index in [0.29, 0.717) is 11.5 Å². The molecule has 1 aliphatic rings. The highest BCUT2D eigenvalue weighted by Gasteiger charge is 2.26. The number of amides is 1. The number of nitrogens with zero attached hydrogens (tertiary/aromatic N) is 3. The Balaban J connectivity index is 1.59. The van der Waals surface area contributed by atoms with Crippen molar-refractivity contribution in [3.63, 3.8) is 0 Å². The van der Waals surface area contributed by atoms with E-state index in [9.17, 15) is 14.7 Å². The van der Waals surface area contributed by atoms with Crippen LogP contribution < -0.4 is 15.5 Å². The number of rotatable bonds is 6. The summed E-state index contributed by atoms with van der Waals surface area (Å²) < 4.78 is 0. The van der Waals surface area contributed by atoms with Gasteiger partial charge in [0.15, 0.2) is 0 Å². The first-order valence-electron chi connectivity index (χ1n) is 10.2. The maximum absolute atomic E-state index is 12.8. The van der Waals surface area contributed by atoms with E-state index in [4.69, 9.17) is 0 Å². The molecule has 0 atom stereocenters. The van der Waals surface area contributed by atoms with E-state index >= 15 is 0 Å². The summed E-state index contributed by atoms with van der Waals surface area (Å²) in [4.78, 5) is 35.2. The number of anilines is 2. The molecule has 8 nitrogen and oxygen atoms in total. The van der Waals surface area contributed by atoms with Crippen LogP contribution in [-0.4, -0.2) is 53.1 Å².